The highest BCUT2D eigenvalue weighted by Gasteiger charge is 2.27. The van der Waals surface area contributed by atoms with Crippen LogP contribution in [0.5, 0.6) is 0 Å². The quantitative estimate of drug-likeness (QED) is 0.743. The van der Waals surface area contributed by atoms with Crippen LogP contribution in [0.1, 0.15) is 33.1 Å². The third kappa shape index (κ3) is 3.76. The van der Waals surface area contributed by atoms with Gasteiger partial charge in [-0.25, -0.2) is 0 Å². The SMILES string of the molecule is CCCCC(C(=O)O)N1CCN(CC)CC1. The molecule has 0 saturated carbocycles. The molecule has 1 fully saturated rings. The van der Waals surface area contributed by atoms with Crippen molar-refractivity contribution in [3.8, 4) is 0 Å². The molecular weight excluding hydrogens is 204 g/mol. The fourth-order valence-corrected chi connectivity index (χ4v) is 2.25. The zero-order valence-corrected chi connectivity index (χ0v) is 10.5. The van der Waals surface area contributed by atoms with Gasteiger partial charge >= 0.3 is 5.97 Å². The summed E-state index contributed by atoms with van der Waals surface area (Å²) < 4.78 is 0. The molecule has 0 aliphatic carbocycles. The maximum absolute atomic E-state index is 11.2. The van der Waals surface area contributed by atoms with Gasteiger partial charge in [-0.15, -0.1) is 0 Å². The van der Waals surface area contributed by atoms with Crippen molar-refractivity contribution < 1.29 is 9.90 Å². The molecule has 16 heavy (non-hydrogen) atoms. The van der Waals surface area contributed by atoms with E-state index in [0.29, 0.717) is 0 Å². The molecule has 1 atom stereocenters. The highest BCUT2D eigenvalue weighted by molar-refractivity contribution is 5.73. The molecule has 94 valence electrons. The highest BCUT2D eigenvalue weighted by atomic mass is 16.4. The first kappa shape index (κ1) is 13.5. The van der Waals surface area contributed by atoms with Gasteiger partial charge < -0.3 is 10.0 Å². The van der Waals surface area contributed by atoms with Crippen molar-refractivity contribution in [3.05, 3.63) is 0 Å². The van der Waals surface area contributed by atoms with Crippen molar-refractivity contribution in [2.24, 2.45) is 0 Å². The van der Waals surface area contributed by atoms with Crippen LogP contribution in [-0.4, -0.2) is 59.6 Å². The lowest BCUT2D eigenvalue weighted by Gasteiger charge is -2.37. The van der Waals surface area contributed by atoms with Gasteiger partial charge in [-0.3, -0.25) is 9.69 Å². The number of hydrogen-bond donors (Lipinski definition) is 1. The Morgan fingerprint density at radius 2 is 1.88 bits per heavy atom. The molecule has 0 aromatic carbocycles. The monoisotopic (exact) mass is 228 g/mol. The van der Waals surface area contributed by atoms with E-state index in [1.54, 1.807) is 0 Å². The average Bonchev–Trinajstić information content (AvgIpc) is 2.30. The zero-order valence-electron chi connectivity index (χ0n) is 10.5. The molecule has 1 aliphatic heterocycles. The van der Waals surface area contributed by atoms with Crippen molar-refractivity contribution in [1.29, 1.82) is 0 Å². The summed E-state index contributed by atoms with van der Waals surface area (Å²) in [5.74, 6) is -0.654. The van der Waals surface area contributed by atoms with Gasteiger partial charge in [0.15, 0.2) is 0 Å². The number of hydrogen-bond acceptors (Lipinski definition) is 3. The fraction of sp³-hybridized carbons (Fsp3) is 0.917. The Kier molecular flexibility index (Phi) is 5.77. The summed E-state index contributed by atoms with van der Waals surface area (Å²) in [4.78, 5) is 15.7. The van der Waals surface area contributed by atoms with Gasteiger partial charge in [0.05, 0.1) is 0 Å². The second kappa shape index (κ2) is 6.86. The Morgan fingerprint density at radius 3 is 2.31 bits per heavy atom. The van der Waals surface area contributed by atoms with Gasteiger partial charge in [0.1, 0.15) is 6.04 Å². The highest BCUT2D eigenvalue weighted by Crippen LogP contribution is 2.12. The Hall–Kier alpha value is -0.610. The van der Waals surface area contributed by atoms with Gasteiger partial charge in [0.2, 0.25) is 0 Å². The summed E-state index contributed by atoms with van der Waals surface area (Å²) in [6, 6.07) is -0.265. The maximum Gasteiger partial charge on any atom is 0.320 e. The summed E-state index contributed by atoms with van der Waals surface area (Å²) in [6.45, 7) is 9.14. The van der Waals surface area contributed by atoms with Gasteiger partial charge in [-0.05, 0) is 13.0 Å². The Labute approximate surface area is 98.2 Å². The minimum absolute atomic E-state index is 0.265. The number of carbonyl (C=O) groups is 1. The number of unbranched alkanes of at least 4 members (excludes halogenated alkanes) is 1. The maximum atomic E-state index is 11.2. The molecule has 1 saturated heterocycles. The minimum atomic E-state index is -0.654. The standard InChI is InChI=1S/C12H24N2O2/c1-3-5-6-11(12(15)16)14-9-7-13(4-2)8-10-14/h11H,3-10H2,1-2H3,(H,15,16). The largest absolute Gasteiger partial charge is 0.480 e. The van der Waals surface area contributed by atoms with E-state index in [1.807, 2.05) is 0 Å². The molecular formula is C12H24N2O2. The van der Waals surface area contributed by atoms with E-state index < -0.39 is 5.97 Å². The summed E-state index contributed by atoms with van der Waals surface area (Å²) in [5, 5.41) is 9.22. The Bertz CT molecular complexity index is 213. The number of piperazine rings is 1. The van der Waals surface area contributed by atoms with Gasteiger partial charge in [0, 0.05) is 26.2 Å². The average molecular weight is 228 g/mol. The third-order valence-electron chi connectivity index (χ3n) is 3.41. The molecule has 1 rings (SSSR count). The summed E-state index contributed by atoms with van der Waals surface area (Å²) in [5.41, 5.74) is 0. The third-order valence-corrected chi connectivity index (χ3v) is 3.41. The second-order valence-corrected chi connectivity index (χ2v) is 4.47. The number of carboxylic acids is 1. The normalized spacial score (nSPS) is 20.9. The molecule has 0 radical (unpaired) electrons. The Balaban J connectivity index is 2.43. The van der Waals surface area contributed by atoms with Crippen LogP contribution in [0.4, 0.5) is 0 Å². The second-order valence-electron chi connectivity index (χ2n) is 4.47. The molecule has 1 unspecified atom stereocenters. The van der Waals surface area contributed by atoms with Crippen molar-refractivity contribution >= 4 is 5.97 Å². The van der Waals surface area contributed by atoms with Crippen LogP contribution in [0.15, 0.2) is 0 Å². The van der Waals surface area contributed by atoms with E-state index in [2.05, 4.69) is 23.6 Å². The number of aliphatic carboxylic acids is 1. The van der Waals surface area contributed by atoms with Crippen molar-refractivity contribution in [2.75, 3.05) is 32.7 Å². The summed E-state index contributed by atoms with van der Waals surface area (Å²) in [6.07, 6.45) is 2.86. The van der Waals surface area contributed by atoms with Crippen LogP contribution in [0.3, 0.4) is 0 Å². The molecule has 0 aromatic rings. The number of rotatable bonds is 6. The summed E-state index contributed by atoms with van der Waals surface area (Å²) >= 11 is 0. The molecule has 0 amide bonds. The molecule has 4 nitrogen and oxygen atoms in total. The number of likely N-dealkylation sites (N-methyl/N-ethyl adjacent to an activating group) is 1. The van der Waals surface area contributed by atoms with E-state index in [-0.39, 0.29) is 6.04 Å². The van der Waals surface area contributed by atoms with Gasteiger partial charge in [-0.1, -0.05) is 26.7 Å². The molecule has 1 heterocycles. The van der Waals surface area contributed by atoms with Crippen LogP contribution in [0.2, 0.25) is 0 Å². The van der Waals surface area contributed by atoms with Crippen molar-refractivity contribution in [3.63, 3.8) is 0 Å². The molecule has 1 aliphatic rings. The van der Waals surface area contributed by atoms with Crippen LogP contribution in [0, 0.1) is 0 Å². The minimum Gasteiger partial charge on any atom is -0.480 e. The van der Waals surface area contributed by atoms with Crippen LogP contribution >= 0.6 is 0 Å². The van der Waals surface area contributed by atoms with Crippen molar-refractivity contribution in [2.45, 2.75) is 39.2 Å². The topological polar surface area (TPSA) is 43.8 Å². The van der Waals surface area contributed by atoms with Crippen LogP contribution in [0.25, 0.3) is 0 Å². The number of carboxylic acid groups (broad SMARTS) is 1. The lowest BCUT2D eigenvalue weighted by atomic mass is 10.1. The van der Waals surface area contributed by atoms with Crippen molar-refractivity contribution in [1.82, 2.24) is 9.80 Å². The number of nitrogens with zero attached hydrogens (tertiary/aromatic N) is 2. The van der Waals surface area contributed by atoms with E-state index >= 15 is 0 Å². The van der Waals surface area contributed by atoms with E-state index in [4.69, 9.17) is 0 Å². The Morgan fingerprint density at radius 1 is 1.25 bits per heavy atom. The van der Waals surface area contributed by atoms with Crippen LogP contribution < -0.4 is 0 Å². The molecule has 0 aromatic heterocycles. The summed E-state index contributed by atoms with van der Waals surface area (Å²) in [7, 11) is 0. The predicted molar refractivity (Wildman–Crippen MR) is 64.6 cm³/mol. The van der Waals surface area contributed by atoms with Crippen LogP contribution in [-0.2, 0) is 4.79 Å². The first-order valence-corrected chi connectivity index (χ1v) is 6.38. The van der Waals surface area contributed by atoms with E-state index in [9.17, 15) is 9.90 Å². The smallest absolute Gasteiger partial charge is 0.320 e. The van der Waals surface area contributed by atoms with Gasteiger partial charge in [0.25, 0.3) is 0 Å². The lowest BCUT2D eigenvalue weighted by molar-refractivity contribution is -0.144. The first-order valence-electron chi connectivity index (χ1n) is 6.38. The molecule has 1 N–H and O–H groups in total. The van der Waals surface area contributed by atoms with E-state index in [1.165, 1.54) is 0 Å². The molecule has 0 spiro atoms. The zero-order chi connectivity index (χ0) is 12.0. The fourth-order valence-electron chi connectivity index (χ4n) is 2.25. The first-order chi connectivity index (χ1) is 7.69. The molecule has 4 heteroatoms. The predicted octanol–water partition coefficient (Wildman–Crippen LogP) is 1.27. The van der Waals surface area contributed by atoms with Gasteiger partial charge in [-0.2, -0.15) is 0 Å². The lowest BCUT2D eigenvalue weighted by Crippen LogP contribution is -2.52. The van der Waals surface area contributed by atoms with E-state index in [0.717, 1.165) is 52.0 Å². The molecule has 0 bridgehead atoms.